The van der Waals surface area contributed by atoms with Gasteiger partial charge in [0.2, 0.25) is 0 Å². The van der Waals surface area contributed by atoms with E-state index in [2.05, 4.69) is 0 Å². The quantitative estimate of drug-likeness (QED) is 0.509. The van der Waals surface area contributed by atoms with Crippen molar-refractivity contribution in [3.05, 3.63) is 75.8 Å². The van der Waals surface area contributed by atoms with Crippen LogP contribution in [0.3, 0.4) is 0 Å². The zero-order valence-corrected chi connectivity index (χ0v) is 12.7. The van der Waals surface area contributed by atoms with E-state index in [1.165, 1.54) is 6.07 Å². The Labute approximate surface area is 135 Å². The van der Waals surface area contributed by atoms with E-state index < -0.39 is 5.63 Å². The van der Waals surface area contributed by atoms with Gasteiger partial charge in [-0.3, -0.25) is 0 Å². The van der Waals surface area contributed by atoms with Crippen LogP contribution in [0.5, 0.6) is 5.75 Å². The van der Waals surface area contributed by atoms with Crippen LogP contribution in [0, 0.1) is 0 Å². The molecule has 0 bridgehead atoms. The molecule has 2 heterocycles. The number of ether oxygens (including phenoxy) is 1. The molecule has 0 N–H and O–H groups in total. The van der Waals surface area contributed by atoms with E-state index in [1.54, 1.807) is 18.4 Å². The summed E-state index contributed by atoms with van der Waals surface area (Å²) in [7, 11) is 0. The smallest absolute Gasteiger partial charge is 0.336 e. The predicted molar refractivity (Wildman–Crippen MR) is 88.0 cm³/mol. The molecule has 23 heavy (non-hydrogen) atoms. The Morgan fingerprint density at radius 2 is 1.83 bits per heavy atom. The summed E-state index contributed by atoms with van der Waals surface area (Å²) in [6, 6.07) is 14.1. The van der Waals surface area contributed by atoms with Crippen molar-refractivity contribution in [1.29, 1.82) is 0 Å². The Balaban J connectivity index is 1.84. The standard InChI is InChI=1S/C18H11ClO4/c19-14-4-2-1-3-11(14)10-22-18-12-5-6-17(20)23-16(12)9-15-13(18)7-8-21-15/h1-9H,10H2. The Hall–Kier alpha value is -2.72. The summed E-state index contributed by atoms with van der Waals surface area (Å²) in [5.41, 5.74) is 1.48. The third-order valence-electron chi connectivity index (χ3n) is 3.64. The van der Waals surface area contributed by atoms with Crippen LogP contribution < -0.4 is 10.4 Å². The van der Waals surface area contributed by atoms with E-state index in [-0.39, 0.29) is 0 Å². The van der Waals surface area contributed by atoms with Crippen molar-refractivity contribution in [2.24, 2.45) is 0 Å². The highest BCUT2D eigenvalue weighted by molar-refractivity contribution is 6.31. The lowest BCUT2D eigenvalue weighted by Crippen LogP contribution is -1.99. The van der Waals surface area contributed by atoms with Crippen molar-refractivity contribution >= 4 is 33.5 Å². The van der Waals surface area contributed by atoms with Gasteiger partial charge in [0.05, 0.1) is 17.0 Å². The summed E-state index contributed by atoms with van der Waals surface area (Å²) in [4.78, 5) is 11.4. The molecule has 4 nitrogen and oxygen atoms in total. The summed E-state index contributed by atoms with van der Waals surface area (Å²) in [6.07, 6.45) is 1.57. The van der Waals surface area contributed by atoms with Gasteiger partial charge in [-0.05, 0) is 18.2 Å². The minimum atomic E-state index is -0.416. The first-order valence-corrected chi connectivity index (χ1v) is 7.40. The first kappa shape index (κ1) is 13.9. The van der Waals surface area contributed by atoms with Crippen LogP contribution in [-0.4, -0.2) is 0 Å². The van der Waals surface area contributed by atoms with Crippen molar-refractivity contribution in [2.75, 3.05) is 0 Å². The van der Waals surface area contributed by atoms with E-state index in [9.17, 15) is 4.79 Å². The van der Waals surface area contributed by atoms with Crippen molar-refractivity contribution < 1.29 is 13.6 Å². The van der Waals surface area contributed by atoms with Gasteiger partial charge >= 0.3 is 5.63 Å². The summed E-state index contributed by atoms with van der Waals surface area (Å²) >= 11 is 6.17. The number of furan rings is 1. The molecule has 0 aliphatic heterocycles. The van der Waals surface area contributed by atoms with Crippen molar-refractivity contribution in [2.45, 2.75) is 6.61 Å². The maximum atomic E-state index is 11.4. The highest BCUT2D eigenvalue weighted by Crippen LogP contribution is 2.35. The minimum Gasteiger partial charge on any atom is -0.487 e. The lowest BCUT2D eigenvalue weighted by molar-refractivity contribution is 0.313. The molecule has 5 heteroatoms. The molecule has 0 saturated carbocycles. The maximum Gasteiger partial charge on any atom is 0.336 e. The molecule has 0 fully saturated rings. The van der Waals surface area contributed by atoms with Gasteiger partial charge in [-0.25, -0.2) is 4.79 Å². The van der Waals surface area contributed by atoms with E-state index in [0.717, 1.165) is 10.9 Å². The average Bonchev–Trinajstić information content (AvgIpc) is 3.00. The largest absolute Gasteiger partial charge is 0.487 e. The number of halogens is 1. The molecule has 0 spiro atoms. The van der Waals surface area contributed by atoms with E-state index >= 15 is 0 Å². The second-order valence-corrected chi connectivity index (χ2v) is 5.49. The van der Waals surface area contributed by atoms with Gasteiger partial charge in [0.25, 0.3) is 0 Å². The highest BCUT2D eigenvalue weighted by Gasteiger charge is 2.13. The van der Waals surface area contributed by atoms with Crippen molar-refractivity contribution in [3.63, 3.8) is 0 Å². The second-order valence-electron chi connectivity index (χ2n) is 5.08. The Kier molecular flexibility index (Phi) is 3.32. The van der Waals surface area contributed by atoms with Gasteiger partial charge < -0.3 is 13.6 Å². The lowest BCUT2D eigenvalue weighted by atomic mass is 10.1. The molecule has 2 aromatic heterocycles. The Bertz CT molecular complexity index is 1060. The van der Waals surface area contributed by atoms with Crippen molar-refractivity contribution in [3.8, 4) is 5.75 Å². The molecule has 2 aromatic carbocycles. The average molecular weight is 327 g/mol. The van der Waals surface area contributed by atoms with Crippen LogP contribution >= 0.6 is 11.6 Å². The van der Waals surface area contributed by atoms with Crippen LogP contribution in [-0.2, 0) is 6.61 Å². The monoisotopic (exact) mass is 326 g/mol. The molecule has 4 aromatic rings. The summed E-state index contributed by atoms with van der Waals surface area (Å²) < 4.78 is 16.6. The lowest BCUT2D eigenvalue weighted by Gasteiger charge is -2.11. The maximum absolute atomic E-state index is 11.4. The molecular formula is C18H11ClO4. The summed E-state index contributed by atoms with van der Waals surface area (Å²) in [5, 5.41) is 2.17. The molecule has 114 valence electrons. The summed E-state index contributed by atoms with van der Waals surface area (Å²) in [5.74, 6) is 0.606. The van der Waals surface area contributed by atoms with Gasteiger partial charge in [-0.1, -0.05) is 29.8 Å². The zero-order valence-electron chi connectivity index (χ0n) is 11.9. The van der Waals surface area contributed by atoms with Crippen LogP contribution in [0.15, 0.2) is 68.4 Å². The van der Waals surface area contributed by atoms with Crippen LogP contribution in [0.25, 0.3) is 21.9 Å². The fourth-order valence-electron chi connectivity index (χ4n) is 2.53. The molecule has 0 aliphatic rings. The van der Waals surface area contributed by atoms with E-state index in [0.29, 0.717) is 33.9 Å². The SMILES string of the molecule is O=c1ccc2c(OCc3ccccc3Cl)c3ccoc3cc2o1. The Morgan fingerprint density at radius 3 is 2.70 bits per heavy atom. The molecule has 0 amide bonds. The third kappa shape index (κ3) is 2.47. The predicted octanol–water partition coefficient (Wildman–Crippen LogP) is 4.77. The van der Waals surface area contributed by atoms with Gasteiger partial charge in [0.1, 0.15) is 23.5 Å². The summed E-state index contributed by atoms with van der Waals surface area (Å²) in [6.45, 7) is 0.304. The minimum absolute atomic E-state index is 0.304. The zero-order chi connectivity index (χ0) is 15.8. The molecular weight excluding hydrogens is 316 g/mol. The Morgan fingerprint density at radius 1 is 1.00 bits per heavy atom. The number of rotatable bonds is 3. The number of benzene rings is 2. The first-order chi connectivity index (χ1) is 11.2. The number of hydrogen-bond acceptors (Lipinski definition) is 4. The number of fused-ring (bicyclic) bond motifs is 2. The molecule has 0 saturated heterocycles. The molecule has 4 rings (SSSR count). The van der Waals surface area contributed by atoms with Gasteiger partial charge in [-0.2, -0.15) is 0 Å². The molecule has 0 unspecified atom stereocenters. The molecule has 0 radical (unpaired) electrons. The van der Waals surface area contributed by atoms with Gasteiger partial charge in [0.15, 0.2) is 0 Å². The van der Waals surface area contributed by atoms with E-state index in [1.807, 2.05) is 30.3 Å². The van der Waals surface area contributed by atoms with Gasteiger partial charge in [-0.15, -0.1) is 0 Å². The van der Waals surface area contributed by atoms with Crippen molar-refractivity contribution in [1.82, 2.24) is 0 Å². The fraction of sp³-hybridized carbons (Fsp3) is 0.0556. The normalized spacial score (nSPS) is 11.2. The first-order valence-electron chi connectivity index (χ1n) is 7.02. The van der Waals surface area contributed by atoms with Crippen LogP contribution in [0.1, 0.15) is 5.56 Å². The molecule has 0 atom stereocenters. The fourth-order valence-corrected chi connectivity index (χ4v) is 2.72. The third-order valence-corrected chi connectivity index (χ3v) is 4.01. The van der Waals surface area contributed by atoms with Gasteiger partial charge in [0, 0.05) is 22.7 Å². The van der Waals surface area contributed by atoms with E-state index in [4.69, 9.17) is 25.2 Å². The second kappa shape index (κ2) is 5.48. The highest BCUT2D eigenvalue weighted by atomic mass is 35.5. The topological polar surface area (TPSA) is 52.6 Å². The number of hydrogen-bond donors (Lipinski definition) is 0. The van der Waals surface area contributed by atoms with Crippen LogP contribution in [0.4, 0.5) is 0 Å². The van der Waals surface area contributed by atoms with Crippen LogP contribution in [0.2, 0.25) is 5.02 Å². The molecule has 0 aliphatic carbocycles.